The van der Waals surface area contributed by atoms with Gasteiger partial charge in [0.25, 0.3) is 0 Å². The molecule has 1 N–H and O–H groups in total. The summed E-state index contributed by atoms with van der Waals surface area (Å²) >= 11 is 5.81. The third-order valence-electron chi connectivity index (χ3n) is 3.69. The van der Waals surface area contributed by atoms with Crippen molar-refractivity contribution in [3.63, 3.8) is 0 Å². The van der Waals surface area contributed by atoms with Crippen molar-refractivity contribution in [3.8, 4) is 0 Å². The van der Waals surface area contributed by atoms with Crippen LogP contribution in [0.25, 0.3) is 0 Å². The second-order valence-corrected chi connectivity index (χ2v) is 5.68. The number of aryl methyl sites for hydroxylation is 1. The van der Waals surface area contributed by atoms with Gasteiger partial charge >= 0.3 is 0 Å². The Hall–Kier alpha value is -1.49. The molecule has 1 fully saturated rings. The Morgan fingerprint density at radius 3 is 2.81 bits per heavy atom. The molecule has 1 saturated heterocycles. The third kappa shape index (κ3) is 3.59. The van der Waals surface area contributed by atoms with Gasteiger partial charge in [-0.05, 0) is 23.6 Å². The molecule has 2 heterocycles. The van der Waals surface area contributed by atoms with Crippen LogP contribution in [0, 0.1) is 6.92 Å². The highest BCUT2D eigenvalue weighted by Gasteiger charge is 2.16. The Labute approximate surface area is 129 Å². The van der Waals surface area contributed by atoms with Crippen LogP contribution in [0.1, 0.15) is 28.6 Å². The summed E-state index contributed by atoms with van der Waals surface area (Å²) < 4.78 is 5.79. The van der Waals surface area contributed by atoms with Gasteiger partial charge in [0.15, 0.2) is 0 Å². The zero-order chi connectivity index (χ0) is 14.7. The summed E-state index contributed by atoms with van der Waals surface area (Å²) in [6, 6.07) is 6.47. The van der Waals surface area contributed by atoms with Gasteiger partial charge in [-0.3, -0.25) is 0 Å². The Balaban J connectivity index is 1.76. The van der Waals surface area contributed by atoms with Gasteiger partial charge in [0.05, 0.1) is 17.7 Å². The number of rotatable bonds is 3. The zero-order valence-electron chi connectivity index (χ0n) is 12.0. The SMILES string of the molecule is Cc1cc(C2CNCCO2)ccc1Cc1ncc(Cl)cn1. The van der Waals surface area contributed by atoms with Gasteiger partial charge in [0.1, 0.15) is 5.82 Å². The molecule has 0 spiro atoms. The van der Waals surface area contributed by atoms with E-state index in [2.05, 4.69) is 40.4 Å². The van der Waals surface area contributed by atoms with Crippen LogP contribution in [0.2, 0.25) is 5.02 Å². The summed E-state index contributed by atoms with van der Waals surface area (Å²) in [7, 11) is 0. The Kier molecular flexibility index (Phi) is 4.48. The zero-order valence-corrected chi connectivity index (χ0v) is 12.7. The maximum atomic E-state index is 5.81. The van der Waals surface area contributed by atoms with Gasteiger partial charge in [0, 0.05) is 31.9 Å². The lowest BCUT2D eigenvalue weighted by molar-refractivity contribution is 0.0276. The summed E-state index contributed by atoms with van der Waals surface area (Å²) in [4.78, 5) is 8.50. The van der Waals surface area contributed by atoms with Gasteiger partial charge in [-0.25, -0.2) is 9.97 Å². The molecule has 110 valence electrons. The predicted octanol–water partition coefficient (Wildman–Crippen LogP) is 2.69. The Morgan fingerprint density at radius 1 is 1.33 bits per heavy atom. The lowest BCUT2D eigenvalue weighted by atomic mass is 9.99. The van der Waals surface area contributed by atoms with E-state index in [9.17, 15) is 0 Å². The second-order valence-electron chi connectivity index (χ2n) is 5.24. The van der Waals surface area contributed by atoms with E-state index in [0.717, 1.165) is 25.5 Å². The third-order valence-corrected chi connectivity index (χ3v) is 3.88. The van der Waals surface area contributed by atoms with Crippen LogP contribution in [-0.2, 0) is 11.2 Å². The summed E-state index contributed by atoms with van der Waals surface area (Å²) in [6.45, 7) is 4.69. The Bertz CT molecular complexity index is 609. The van der Waals surface area contributed by atoms with Crippen LogP contribution < -0.4 is 5.32 Å². The largest absolute Gasteiger partial charge is 0.371 e. The standard InChI is InChI=1S/C16H18ClN3O/c1-11-6-13(15-10-18-4-5-21-15)3-2-12(11)7-16-19-8-14(17)9-20-16/h2-3,6,8-9,15,18H,4-5,7,10H2,1H3. The summed E-state index contributed by atoms with van der Waals surface area (Å²) in [6.07, 6.45) is 4.13. The van der Waals surface area contributed by atoms with E-state index in [0.29, 0.717) is 11.4 Å². The lowest BCUT2D eigenvalue weighted by Crippen LogP contribution is -2.33. The monoisotopic (exact) mass is 303 g/mol. The van der Waals surface area contributed by atoms with E-state index in [1.54, 1.807) is 12.4 Å². The lowest BCUT2D eigenvalue weighted by Gasteiger charge is -2.24. The number of benzene rings is 1. The minimum absolute atomic E-state index is 0.151. The minimum atomic E-state index is 0.151. The summed E-state index contributed by atoms with van der Waals surface area (Å²) in [5, 5.41) is 3.92. The van der Waals surface area contributed by atoms with Gasteiger partial charge < -0.3 is 10.1 Å². The van der Waals surface area contributed by atoms with Crippen LogP contribution in [0.15, 0.2) is 30.6 Å². The predicted molar refractivity (Wildman–Crippen MR) is 82.6 cm³/mol. The molecule has 1 aromatic heterocycles. The first-order valence-electron chi connectivity index (χ1n) is 7.10. The molecular formula is C16H18ClN3O. The number of nitrogens with zero attached hydrogens (tertiary/aromatic N) is 2. The van der Waals surface area contributed by atoms with Gasteiger partial charge in [-0.2, -0.15) is 0 Å². The molecule has 0 aliphatic carbocycles. The fraction of sp³-hybridized carbons (Fsp3) is 0.375. The molecule has 5 heteroatoms. The molecule has 0 bridgehead atoms. The van der Waals surface area contributed by atoms with Crippen LogP contribution in [0.3, 0.4) is 0 Å². The number of ether oxygens (including phenoxy) is 1. The molecule has 0 radical (unpaired) electrons. The van der Waals surface area contributed by atoms with Crippen molar-refractivity contribution in [3.05, 3.63) is 58.1 Å². The molecule has 3 rings (SSSR count). The summed E-state index contributed by atoms with van der Waals surface area (Å²) in [5.74, 6) is 0.783. The van der Waals surface area contributed by atoms with Crippen molar-refractivity contribution in [2.24, 2.45) is 0 Å². The average Bonchev–Trinajstić information content (AvgIpc) is 2.52. The molecule has 1 aliphatic heterocycles. The number of nitrogens with one attached hydrogen (secondary N) is 1. The van der Waals surface area contributed by atoms with Crippen molar-refractivity contribution in [2.45, 2.75) is 19.4 Å². The highest BCUT2D eigenvalue weighted by atomic mass is 35.5. The fourth-order valence-corrected chi connectivity index (χ4v) is 2.60. The average molecular weight is 304 g/mol. The number of morpholine rings is 1. The van der Waals surface area contributed by atoms with E-state index in [4.69, 9.17) is 16.3 Å². The van der Waals surface area contributed by atoms with E-state index in [1.165, 1.54) is 16.7 Å². The molecular weight excluding hydrogens is 286 g/mol. The van der Waals surface area contributed by atoms with Gasteiger partial charge in [-0.1, -0.05) is 29.8 Å². The normalized spacial score (nSPS) is 18.7. The highest BCUT2D eigenvalue weighted by molar-refractivity contribution is 6.30. The van der Waals surface area contributed by atoms with Crippen molar-refractivity contribution in [2.75, 3.05) is 19.7 Å². The van der Waals surface area contributed by atoms with Crippen LogP contribution in [0.4, 0.5) is 0 Å². The topological polar surface area (TPSA) is 47.0 Å². The van der Waals surface area contributed by atoms with E-state index in [-0.39, 0.29) is 6.10 Å². The molecule has 4 nitrogen and oxygen atoms in total. The van der Waals surface area contributed by atoms with Crippen molar-refractivity contribution in [1.29, 1.82) is 0 Å². The van der Waals surface area contributed by atoms with E-state index >= 15 is 0 Å². The number of hydrogen-bond acceptors (Lipinski definition) is 4. The fourth-order valence-electron chi connectivity index (χ4n) is 2.50. The van der Waals surface area contributed by atoms with Crippen LogP contribution in [-0.4, -0.2) is 29.7 Å². The molecule has 21 heavy (non-hydrogen) atoms. The molecule has 0 saturated carbocycles. The van der Waals surface area contributed by atoms with Crippen molar-refractivity contribution < 1.29 is 4.74 Å². The van der Waals surface area contributed by atoms with Gasteiger partial charge in [0.2, 0.25) is 0 Å². The smallest absolute Gasteiger partial charge is 0.132 e. The maximum absolute atomic E-state index is 5.81. The molecule has 1 unspecified atom stereocenters. The van der Waals surface area contributed by atoms with Crippen molar-refractivity contribution >= 4 is 11.6 Å². The summed E-state index contributed by atoms with van der Waals surface area (Å²) in [5.41, 5.74) is 3.69. The van der Waals surface area contributed by atoms with Crippen LogP contribution >= 0.6 is 11.6 Å². The van der Waals surface area contributed by atoms with Crippen molar-refractivity contribution in [1.82, 2.24) is 15.3 Å². The number of aromatic nitrogens is 2. The molecule has 1 atom stereocenters. The maximum Gasteiger partial charge on any atom is 0.132 e. The second kappa shape index (κ2) is 6.52. The molecule has 1 aromatic carbocycles. The first-order chi connectivity index (χ1) is 10.2. The first kappa shape index (κ1) is 14.4. The quantitative estimate of drug-likeness (QED) is 0.947. The number of hydrogen-bond donors (Lipinski definition) is 1. The van der Waals surface area contributed by atoms with Crippen LogP contribution in [0.5, 0.6) is 0 Å². The van der Waals surface area contributed by atoms with E-state index < -0.39 is 0 Å². The molecule has 1 aliphatic rings. The number of halogens is 1. The van der Waals surface area contributed by atoms with Gasteiger partial charge in [-0.15, -0.1) is 0 Å². The Morgan fingerprint density at radius 2 is 2.14 bits per heavy atom. The van der Waals surface area contributed by atoms with E-state index in [1.807, 2.05) is 0 Å². The molecule has 0 amide bonds. The highest BCUT2D eigenvalue weighted by Crippen LogP contribution is 2.22. The first-order valence-corrected chi connectivity index (χ1v) is 7.48. The molecule has 2 aromatic rings. The minimum Gasteiger partial charge on any atom is -0.371 e.